The van der Waals surface area contributed by atoms with Gasteiger partial charge in [0.05, 0.1) is 0 Å². The number of hydrogen-bond acceptors (Lipinski definition) is 0. The highest BCUT2D eigenvalue weighted by Gasteiger charge is 2.72. The summed E-state index contributed by atoms with van der Waals surface area (Å²) in [5.41, 5.74) is 14.7. The van der Waals surface area contributed by atoms with Gasteiger partial charge in [-0.2, -0.15) is 0 Å². The van der Waals surface area contributed by atoms with Gasteiger partial charge in [-0.25, -0.2) is 0 Å². The number of rotatable bonds is 0. The predicted octanol–water partition coefficient (Wildman–Crippen LogP) is 3.23. The maximum Gasteiger partial charge on any atom is -0.000217 e. The van der Waals surface area contributed by atoms with Gasteiger partial charge in [-0.1, -0.05) is 0 Å². The van der Waals surface area contributed by atoms with E-state index in [0.29, 0.717) is 0 Å². The minimum Gasteiger partial charge on any atom is -0.0403 e. The van der Waals surface area contributed by atoms with E-state index in [4.69, 9.17) is 0 Å². The van der Waals surface area contributed by atoms with Crippen molar-refractivity contribution >= 4 is 0 Å². The first-order valence-corrected chi connectivity index (χ1v) is 7.65. The van der Waals surface area contributed by atoms with E-state index < -0.39 is 0 Å². The van der Waals surface area contributed by atoms with Gasteiger partial charge in [-0.15, -0.1) is 0 Å². The van der Waals surface area contributed by atoms with E-state index >= 15 is 0 Å². The number of allylic oxidation sites excluding steroid dienone is 4. The van der Waals surface area contributed by atoms with Crippen molar-refractivity contribution in [2.75, 3.05) is 0 Å². The molecule has 84 valence electrons. The molecule has 0 nitrogen and oxygen atoms in total. The molecule has 0 spiro atoms. The van der Waals surface area contributed by atoms with Crippen molar-refractivity contribution in [3.8, 4) is 0 Å². The highest BCUT2D eigenvalue weighted by Crippen LogP contribution is 2.83. The normalized spacial score (nSPS) is 43.3. The molecule has 4 unspecified atom stereocenters. The molecular formula is C18H12. The van der Waals surface area contributed by atoms with Gasteiger partial charge in [0.1, 0.15) is 0 Å². The lowest BCUT2D eigenvalue weighted by atomic mass is 9.29. The molecule has 18 heavy (non-hydrogen) atoms. The second-order valence-corrected chi connectivity index (χ2v) is 7.42. The van der Waals surface area contributed by atoms with E-state index in [1.807, 2.05) is 33.4 Å². The topological polar surface area (TPSA) is 0 Å². The van der Waals surface area contributed by atoms with E-state index in [9.17, 15) is 0 Å². The Hall–Kier alpha value is -1.30. The standard InChI is InChI=1S/C18H12/c1-2-6-5(1)9-10(6)14-13(9)17-15-11-7-3-4-8(7)12(11)16(15)18(14)17/h13-14,17-18H,1-4H2. The molecule has 0 bridgehead atoms. The first-order chi connectivity index (χ1) is 8.97. The number of fused-ring (bicyclic) bond motifs is 16. The molecule has 0 radical (unpaired) electrons. The monoisotopic (exact) mass is 228 g/mol. The lowest BCUT2D eigenvalue weighted by Crippen LogP contribution is -2.63. The SMILES string of the molecule is C1CC2=C1C1=C2C2C1C1c3c(c4c5c(c3=4)CC5)C21. The molecule has 0 aromatic rings. The van der Waals surface area contributed by atoms with E-state index in [1.165, 1.54) is 25.7 Å². The van der Waals surface area contributed by atoms with Crippen LogP contribution in [-0.4, -0.2) is 0 Å². The van der Waals surface area contributed by atoms with Gasteiger partial charge in [0, 0.05) is 0 Å². The second kappa shape index (κ2) is 1.70. The zero-order valence-electron chi connectivity index (χ0n) is 10.1. The van der Waals surface area contributed by atoms with Crippen LogP contribution in [0.5, 0.6) is 0 Å². The van der Waals surface area contributed by atoms with Crippen LogP contribution in [0.3, 0.4) is 0 Å². The predicted molar refractivity (Wildman–Crippen MR) is 67.3 cm³/mol. The average Bonchev–Trinajstić information content (AvgIpc) is 2.28. The van der Waals surface area contributed by atoms with Crippen LogP contribution in [0, 0.1) is 22.3 Å². The molecule has 0 heteroatoms. The Morgan fingerprint density at radius 2 is 1.06 bits per heavy atom. The Morgan fingerprint density at radius 3 is 1.44 bits per heavy atom. The van der Waals surface area contributed by atoms with Gasteiger partial charge < -0.3 is 0 Å². The summed E-state index contributed by atoms with van der Waals surface area (Å²) in [4.78, 5) is 0. The third kappa shape index (κ3) is 0.385. The van der Waals surface area contributed by atoms with E-state index in [2.05, 4.69) is 0 Å². The van der Waals surface area contributed by atoms with Gasteiger partial charge in [0.25, 0.3) is 0 Å². The average molecular weight is 228 g/mol. The van der Waals surface area contributed by atoms with Crippen molar-refractivity contribution < 1.29 is 0 Å². The smallest absolute Gasteiger partial charge is 0.000217 e. The molecule has 0 aromatic heterocycles. The maximum atomic E-state index is 1.88. The first kappa shape index (κ1) is 7.33. The number of benzene rings is 1. The van der Waals surface area contributed by atoms with Crippen LogP contribution in [-0.2, 0) is 12.8 Å². The molecule has 0 aromatic carbocycles. The molecule has 8 rings (SSSR count). The van der Waals surface area contributed by atoms with Crippen LogP contribution in [0.25, 0.3) is 0 Å². The summed E-state index contributed by atoms with van der Waals surface area (Å²) in [5, 5.41) is 3.59. The summed E-state index contributed by atoms with van der Waals surface area (Å²) >= 11 is 0. The second-order valence-electron chi connectivity index (χ2n) is 7.42. The summed E-state index contributed by atoms with van der Waals surface area (Å²) in [7, 11) is 0. The van der Waals surface area contributed by atoms with Crippen LogP contribution in [0.4, 0.5) is 0 Å². The Morgan fingerprint density at radius 1 is 0.556 bits per heavy atom. The maximum absolute atomic E-state index is 1.88. The van der Waals surface area contributed by atoms with Crippen molar-refractivity contribution in [1.82, 2.24) is 0 Å². The third-order valence-corrected chi connectivity index (χ3v) is 7.48. The van der Waals surface area contributed by atoms with Crippen LogP contribution in [0.2, 0.25) is 0 Å². The quantitative estimate of drug-likeness (QED) is 0.649. The molecular weight excluding hydrogens is 216 g/mol. The Labute approximate surface area is 105 Å². The fourth-order valence-electron chi connectivity index (χ4n) is 6.65. The fourth-order valence-corrected chi connectivity index (χ4v) is 6.65. The summed E-state index contributed by atoms with van der Waals surface area (Å²) in [6.07, 6.45) is 5.65. The zero-order chi connectivity index (χ0) is 10.9. The Bertz CT molecular complexity index is 862. The molecule has 0 saturated heterocycles. The lowest BCUT2D eigenvalue weighted by molar-refractivity contribution is 0.0676. The minimum absolute atomic E-state index is 1.01. The highest BCUT2D eigenvalue weighted by molar-refractivity contribution is 5.80. The summed E-state index contributed by atoms with van der Waals surface area (Å²) in [5.74, 6) is 4.04. The van der Waals surface area contributed by atoms with Gasteiger partial charge >= 0.3 is 0 Å². The highest BCUT2D eigenvalue weighted by atomic mass is 14.7. The molecule has 0 aliphatic heterocycles. The summed E-state index contributed by atoms with van der Waals surface area (Å²) < 4.78 is 0. The van der Waals surface area contributed by atoms with Crippen LogP contribution in [0.15, 0.2) is 22.3 Å². The van der Waals surface area contributed by atoms with Crippen LogP contribution >= 0.6 is 0 Å². The van der Waals surface area contributed by atoms with E-state index in [0.717, 1.165) is 23.7 Å². The molecule has 8 aliphatic carbocycles. The molecule has 1 fully saturated rings. The first-order valence-electron chi connectivity index (χ1n) is 7.65. The van der Waals surface area contributed by atoms with Gasteiger partial charge in [0.2, 0.25) is 0 Å². The van der Waals surface area contributed by atoms with Crippen molar-refractivity contribution in [2.45, 2.75) is 37.5 Å². The van der Waals surface area contributed by atoms with E-state index in [1.54, 1.807) is 21.6 Å². The van der Waals surface area contributed by atoms with Crippen LogP contribution in [0.1, 0.15) is 46.9 Å². The lowest BCUT2D eigenvalue weighted by Gasteiger charge is -2.74. The number of hydrogen-bond donors (Lipinski definition) is 0. The summed E-state index contributed by atoms with van der Waals surface area (Å²) in [6.45, 7) is 0. The molecule has 1 saturated carbocycles. The third-order valence-electron chi connectivity index (χ3n) is 7.48. The fraction of sp³-hybridized carbons (Fsp3) is 0.444. The largest absolute Gasteiger partial charge is 0.0403 e. The molecule has 8 aliphatic rings. The summed E-state index contributed by atoms with van der Waals surface area (Å²) in [6, 6.07) is 0. The van der Waals surface area contributed by atoms with Crippen molar-refractivity contribution in [3.05, 3.63) is 55.0 Å². The van der Waals surface area contributed by atoms with Crippen molar-refractivity contribution in [1.29, 1.82) is 0 Å². The van der Waals surface area contributed by atoms with Gasteiger partial charge in [0.15, 0.2) is 0 Å². The van der Waals surface area contributed by atoms with E-state index in [-0.39, 0.29) is 0 Å². The van der Waals surface area contributed by atoms with Gasteiger partial charge in [-0.3, -0.25) is 0 Å². The minimum atomic E-state index is 1.01. The Balaban J connectivity index is 1.37. The van der Waals surface area contributed by atoms with Gasteiger partial charge in [-0.05, 0) is 104 Å². The van der Waals surface area contributed by atoms with Crippen molar-refractivity contribution in [3.63, 3.8) is 0 Å². The van der Waals surface area contributed by atoms with Crippen molar-refractivity contribution in [2.24, 2.45) is 11.8 Å². The molecule has 0 amide bonds. The van der Waals surface area contributed by atoms with Crippen LogP contribution < -0.4 is 0 Å². The molecule has 0 N–H and O–H groups in total. The molecule has 0 heterocycles. The Kier molecular flexibility index (Phi) is 0.691. The molecule has 4 atom stereocenters. The zero-order valence-corrected chi connectivity index (χ0v) is 10.1.